The number of rotatable bonds is 7. The van der Waals surface area contributed by atoms with Gasteiger partial charge in [-0.05, 0) is 18.6 Å². The van der Waals surface area contributed by atoms with E-state index in [4.69, 9.17) is 9.47 Å². The van der Waals surface area contributed by atoms with E-state index in [0.717, 1.165) is 6.42 Å². The van der Waals surface area contributed by atoms with Gasteiger partial charge in [0.05, 0.1) is 14.2 Å². The van der Waals surface area contributed by atoms with Gasteiger partial charge in [0.15, 0.2) is 0 Å². The molecule has 160 valence electrons. The van der Waals surface area contributed by atoms with Crippen LogP contribution in [0.3, 0.4) is 0 Å². The number of nitrogens with zero attached hydrogens (tertiary/aromatic N) is 3. The van der Waals surface area contributed by atoms with Gasteiger partial charge in [-0.25, -0.2) is 8.42 Å². The van der Waals surface area contributed by atoms with E-state index < -0.39 is 10.0 Å². The third-order valence-electron chi connectivity index (χ3n) is 5.35. The first kappa shape index (κ1) is 21.4. The highest BCUT2D eigenvalue weighted by Gasteiger charge is 2.32. The Morgan fingerprint density at radius 3 is 2.38 bits per heavy atom. The number of piperazine rings is 1. The van der Waals surface area contributed by atoms with Gasteiger partial charge in [0.1, 0.15) is 16.4 Å². The highest BCUT2D eigenvalue weighted by Crippen LogP contribution is 2.31. The third-order valence-corrected chi connectivity index (χ3v) is 7.27. The first-order valence-electron chi connectivity index (χ1n) is 9.64. The van der Waals surface area contributed by atoms with Crippen molar-refractivity contribution in [2.45, 2.75) is 24.2 Å². The first-order valence-corrected chi connectivity index (χ1v) is 11.1. The molecule has 1 aromatic rings. The molecular formula is C19H27N3O6S. The minimum absolute atomic E-state index is 0.0478. The van der Waals surface area contributed by atoms with Crippen LogP contribution in [0.2, 0.25) is 0 Å². The van der Waals surface area contributed by atoms with Crippen LogP contribution in [-0.2, 0) is 19.6 Å². The molecule has 29 heavy (non-hydrogen) atoms. The van der Waals surface area contributed by atoms with Gasteiger partial charge in [-0.1, -0.05) is 0 Å². The normalized spacial score (nSPS) is 18.2. The molecule has 0 saturated carbocycles. The van der Waals surface area contributed by atoms with Gasteiger partial charge in [0, 0.05) is 58.2 Å². The summed E-state index contributed by atoms with van der Waals surface area (Å²) in [4.78, 5) is 27.5. The lowest BCUT2D eigenvalue weighted by molar-refractivity contribution is -0.133. The van der Waals surface area contributed by atoms with Crippen molar-refractivity contribution < 1.29 is 27.5 Å². The molecule has 0 atom stereocenters. The van der Waals surface area contributed by atoms with Crippen molar-refractivity contribution in [3.8, 4) is 11.5 Å². The lowest BCUT2D eigenvalue weighted by Crippen LogP contribution is -2.51. The van der Waals surface area contributed by atoms with Crippen molar-refractivity contribution >= 4 is 21.8 Å². The van der Waals surface area contributed by atoms with Crippen molar-refractivity contribution in [3.63, 3.8) is 0 Å². The average molecular weight is 426 g/mol. The number of methoxy groups -OCH3 is 2. The van der Waals surface area contributed by atoms with E-state index in [1.54, 1.807) is 21.9 Å². The Bertz CT molecular complexity index is 865. The minimum Gasteiger partial charge on any atom is -0.497 e. The highest BCUT2D eigenvalue weighted by molar-refractivity contribution is 7.89. The number of sulfonamides is 1. The molecule has 2 aliphatic heterocycles. The highest BCUT2D eigenvalue weighted by atomic mass is 32.2. The van der Waals surface area contributed by atoms with E-state index >= 15 is 0 Å². The van der Waals surface area contributed by atoms with Crippen molar-refractivity contribution in [2.75, 3.05) is 53.5 Å². The second-order valence-electron chi connectivity index (χ2n) is 7.04. The van der Waals surface area contributed by atoms with Crippen molar-refractivity contribution in [1.82, 2.24) is 14.1 Å². The van der Waals surface area contributed by atoms with Gasteiger partial charge in [-0.3, -0.25) is 9.59 Å². The van der Waals surface area contributed by atoms with Crippen LogP contribution in [0.25, 0.3) is 0 Å². The fraction of sp³-hybridized carbons (Fsp3) is 0.579. The van der Waals surface area contributed by atoms with Crippen molar-refractivity contribution in [2.24, 2.45) is 0 Å². The van der Waals surface area contributed by atoms with Crippen LogP contribution in [-0.4, -0.2) is 87.8 Å². The molecule has 0 spiro atoms. The molecule has 0 aromatic heterocycles. The Kier molecular flexibility index (Phi) is 6.63. The summed E-state index contributed by atoms with van der Waals surface area (Å²) in [6, 6.07) is 4.64. The summed E-state index contributed by atoms with van der Waals surface area (Å²) in [6.45, 7) is 2.18. The quantitative estimate of drug-likeness (QED) is 0.633. The number of benzene rings is 1. The number of likely N-dealkylation sites (tertiary alicyclic amines) is 1. The van der Waals surface area contributed by atoms with E-state index in [1.807, 2.05) is 0 Å². The van der Waals surface area contributed by atoms with Crippen LogP contribution in [0.15, 0.2) is 23.1 Å². The zero-order valence-electron chi connectivity index (χ0n) is 16.8. The van der Waals surface area contributed by atoms with Crippen molar-refractivity contribution in [1.29, 1.82) is 0 Å². The fourth-order valence-corrected chi connectivity index (χ4v) is 5.22. The van der Waals surface area contributed by atoms with Crippen LogP contribution in [0, 0.1) is 0 Å². The molecule has 0 radical (unpaired) electrons. The predicted octanol–water partition coefficient (Wildman–Crippen LogP) is 0.549. The SMILES string of the molecule is COc1ccc(OC)c(S(=O)(=O)N2CCN(C(=O)CCN3CCCC3=O)CC2)c1. The van der Waals surface area contributed by atoms with Gasteiger partial charge in [-0.15, -0.1) is 0 Å². The largest absolute Gasteiger partial charge is 0.497 e. The summed E-state index contributed by atoms with van der Waals surface area (Å²) < 4.78 is 37.9. The molecule has 2 aliphatic rings. The number of amides is 2. The van der Waals surface area contributed by atoms with E-state index in [2.05, 4.69) is 0 Å². The Labute approximate surface area is 171 Å². The molecule has 2 heterocycles. The Balaban J connectivity index is 1.61. The second-order valence-corrected chi connectivity index (χ2v) is 8.94. The molecule has 2 fully saturated rings. The number of hydrogen-bond donors (Lipinski definition) is 0. The molecule has 2 amide bonds. The molecule has 0 aliphatic carbocycles. The van der Waals surface area contributed by atoms with Crippen LogP contribution in [0.4, 0.5) is 0 Å². The van der Waals surface area contributed by atoms with Gasteiger partial charge in [0.2, 0.25) is 21.8 Å². The summed E-state index contributed by atoms with van der Waals surface area (Å²) in [5.41, 5.74) is 0. The Morgan fingerprint density at radius 1 is 1.07 bits per heavy atom. The zero-order valence-corrected chi connectivity index (χ0v) is 17.6. The number of hydrogen-bond acceptors (Lipinski definition) is 6. The maximum Gasteiger partial charge on any atom is 0.247 e. The summed E-state index contributed by atoms with van der Waals surface area (Å²) in [6.07, 6.45) is 1.66. The lowest BCUT2D eigenvalue weighted by Gasteiger charge is -2.34. The van der Waals surface area contributed by atoms with Gasteiger partial charge >= 0.3 is 0 Å². The maximum absolute atomic E-state index is 13.1. The topological polar surface area (TPSA) is 96.5 Å². The molecule has 0 bridgehead atoms. The molecule has 9 nitrogen and oxygen atoms in total. The maximum atomic E-state index is 13.1. The molecule has 0 unspecified atom stereocenters. The number of ether oxygens (including phenoxy) is 2. The van der Waals surface area contributed by atoms with Gasteiger partial charge in [0.25, 0.3) is 0 Å². The zero-order chi connectivity index (χ0) is 21.0. The lowest BCUT2D eigenvalue weighted by atomic mass is 10.3. The number of carbonyl (C=O) groups excluding carboxylic acids is 2. The Hall–Kier alpha value is -2.33. The van der Waals surface area contributed by atoms with Crippen LogP contribution in [0.1, 0.15) is 19.3 Å². The van der Waals surface area contributed by atoms with Gasteiger partial charge < -0.3 is 19.3 Å². The third kappa shape index (κ3) is 4.64. The standard InChI is InChI=1S/C19H27N3O6S/c1-27-15-5-6-16(28-2)17(14-15)29(25,26)22-12-10-21(11-13-22)19(24)7-9-20-8-3-4-18(20)23/h5-6,14H,3-4,7-13H2,1-2H3. The fourth-order valence-electron chi connectivity index (χ4n) is 3.63. The van der Waals surface area contributed by atoms with E-state index in [-0.39, 0.29) is 42.0 Å². The smallest absolute Gasteiger partial charge is 0.247 e. The second kappa shape index (κ2) is 9.00. The van der Waals surface area contributed by atoms with Gasteiger partial charge in [-0.2, -0.15) is 4.31 Å². The molecule has 10 heteroatoms. The predicted molar refractivity (Wildman–Crippen MR) is 105 cm³/mol. The van der Waals surface area contributed by atoms with Crippen LogP contribution in [0.5, 0.6) is 11.5 Å². The summed E-state index contributed by atoms with van der Waals surface area (Å²) >= 11 is 0. The monoisotopic (exact) mass is 425 g/mol. The summed E-state index contributed by atoms with van der Waals surface area (Å²) in [5, 5.41) is 0. The molecule has 2 saturated heterocycles. The van der Waals surface area contributed by atoms with Crippen molar-refractivity contribution in [3.05, 3.63) is 18.2 Å². The van der Waals surface area contributed by atoms with E-state index in [1.165, 1.54) is 24.6 Å². The number of carbonyl (C=O) groups is 2. The molecular weight excluding hydrogens is 398 g/mol. The molecule has 1 aromatic carbocycles. The van der Waals surface area contributed by atoms with Crippen LogP contribution >= 0.6 is 0 Å². The van der Waals surface area contributed by atoms with E-state index in [0.29, 0.717) is 38.3 Å². The summed E-state index contributed by atoms with van der Waals surface area (Å²) in [7, 11) is -0.892. The molecule has 0 N–H and O–H groups in total. The first-order chi connectivity index (χ1) is 13.9. The molecule has 3 rings (SSSR count). The summed E-state index contributed by atoms with van der Waals surface area (Å²) in [5.74, 6) is 0.718. The minimum atomic E-state index is -3.78. The van der Waals surface area contributed by atoms with E-state index in [9.17, 15) is 18.0 Å². The van der Waals surface area contributed by atoms with Crippen LogP contribution < -0.4 is 9.47 Å². The average Bonchev–Trinajstić information content (AvgIpc) is 3.16. The Morgan fingerprint density at radius 2 is 1.79 bits per heavy atom.